The maximum absolute atomic E-state index is 12.7. The number of benzene rings is 3. The van der Waals surface area contributed by atoms with Gasteiger partial charge in [-0.05, 0) is 49.7 Å². The second-order valence-electron chi connectivity index (χ2n) is 7.65. The smallest absolute Gasteiger partial charge is 0.308 e. The number of fused-ring (bicyclic) bond motifs is 1. The topological polar surface area (TPSA) is 78.5 Å². The highest BCUT2D eigenvalue weighted by molar-refractivity contribution is 8.00. The number of nitrogens with one attached hydrogen (secondary N) is 2. The van der Waals surface area contributed by atoms with Gasteiger partial charge in [0.15, 0.2) is 5.78 Å². The number of carbonyl (C=O) groups is 3. The van der Waals surface area contributed by atoms with Crippen LogP contribution in [-0.2, 0) is 11.3 Å². The van der Waals surface area contributed by atoms with Gasteiger partial charge in [0, 0.05) is 21.8 Å². The van der Waals surface area contributed by atoms with Crippen LogP contribution in [0, 0.1) is 6.92 Å². The maximum Gasteiger partial charge on any atom is 0.323 e. The normalized spacial score (nSPS) is 12.8. The number of urea groups is 1. The van der Waals surface area contributed by atoms with Gasteiger partial charge >= 0.3 is 6.03 Å². The van der Waals surface area contributed by atoms with Crippen LogP contribution in [-0.4, -0.2) is 23.5 Å². The second kappa shape index (κ2) is 9.28. The molecule has 0 radical (unpaired) electrons. The summed E-state index contributed by atoms with van der Waals surface area (Å²) in [6.07, 6.45) is 0. The summed E-state index contributed by atoms with van der Waals surface area (Å²) in [4.78, 5) is 39.5. The zero-order chi connectivity index (χ0) is 22.7. The van der Waals surface area contributed by atoms with Gasteiger partial charge < -0.3 is 15.5 Å². The van der Waals surface area contributed by atoms with E-state index in [4.69, 9.17) is 0 Å². The number of amides is 3. The molecule has 4 rings (SSSR count). The summed E-state index contributed by atoms with van der Waals surface area (Å²) in [6.45, 7) is 3.98. The van der Waals surface area contributed by atoms with Crippen molar-refractivity contribution in [2.24, 2.45) is 0 Å². The van der Waals surface area contributed by atoms with Crippen molar-refractivity contribution in [1.82, 2.24) is 0 Å². The summed E-state index contributed by atoms with van der Waals surface area (Å²) in [7, 11) is 0. The van der Waals surface area contributed by atoms with Gasteiger partial charge in [0.1, 0.15) is 0 Å². The maximum atomic E-state index is 12.7. The fourth-order valence-electron chi connectivity index (χ4n) is 3.44. The van der Waals surface area contributed by atoms with Gasteiger partial charge in [-0.2, -0.15) is 0 Å². The Bertz CT molecular complexity index is 1190. The summed E-state index contributed by atoms with van der Waals surface area (Å²) in [6, 6.07) is 20.0. The molecule has 0 saturated carbocycles. The molecule has 0 fully saturated rings. The fourth-order valence-corrected chi connectivity index (χ4v) is 4.35. The van der Waals surface area contributed by atoms with Gasteiger partial charge in [0.05, 0.1) is 18.0 Å². The SMILES string of the molecule is CC(=O)c1cccc(NC(=O)Nc2ccc3c(c2)N(Cc2ccc(C)cc2)C(=O)CS3)c1. The first-order valence-electron chi connectivity index (χ1n) is 10.2. The number of aryl methyl sites for hydroxylation is 1. The van der Waals surface area contributed by atoms with Crippen LogP contribution in [0.25, 0.3) is 0 Å². The van der Waals surface area contributed by atoms with Crippen molar-refractivity contribution in [3.63, 3.8) is 0 Å². The van der Waals surface area contributed by atoms with E-state index in [1.807, 2.05) is 49.4 Å². The molecule has 162 valence electrons. The standard InChI is InChI=1S/C25H23N3O3S/c1-16-6-8-18(9-7-16)14-28-22-13-21(10-11-23(22)32-15-24(28)30)27-25(31)26-20-5-3-4-19(12-20)17(2)29/h3-13H,14-15H2,1-2H3,(H2,26,27,31). The lowest BCUT2D eigenvalue weighted by Crippen LogP contribution is -2.34. The molecule has 3 aromatic rings. The van der Waals surface area contributed by atoms with E-state index in [1.165, 1.54) is 24.2 Å². The molecule has 6 nitrogen and oxygen atoms in total. The summed E-state index contributed by atoms with van der Waals surface area (Å²) in [5.41, 5.74) is 4.62. The van der Waals surface area contributed by atoms with Crippen molar-refractivity contribution in [3.05, 3.63) is 83.4 Å². The van der Waals surface area contributed by atoms with E-state index in [-0.39, 0.29) is 11.7 Å². The molecule has 1 heterocycles. The van der Waals surface area contributed by atoms with Gasteiger partial charge in [-0.3, -0.25) is 9.59 Å². The Morgan fingerprint density at radius 2 is 1.69 bits per heavy atom. The Kier molecular flexibility index (Phi) is 6.28. The van der Waals surface area contributed by atoms with Crippen molar-refractivity contribution in [1.29, 1.82) is 0 Å². The number of rotatable bonds is 5. The number of carbonyl (C=O) groups excluding carboxylic acids is 3. The van der Waals surface area contributed by atoms with E-state index in [2.05, 4.69) is 10.6 Å². The Hall–Kier alpha value is -3.58. The van der Waals surface area contributed by atoms with Crippen molar-refractivity contribution in [2.75, 3.05) is 21.3 Å². The molecule has 3 amide bonds. The van der Waals surface area contributed by atoms with Gasteiger partial charge in [-0.25, -0.2) is 4.79 Å². The summed E-state index contributed by atoms with van der Waals surface area (Å²) in [5.74, 6) is 0.351. The monoisotopic (exact) mass is 445 g/mol. The minimum atomic E-state index is -0.425. The third-order valence-electron chi connectivity index (χ3n) is 5.15. The number of hydrogen-bond donors (Lipinski definition) is 2. The second-order valence-corrected chi connectivity index (χ2v) is 8.67. The van der Waals surface area contributed by atoms with E-state index in [0.717, 1.165) is 16.1 Å². The number of anilines is 3. The number of hydrogen-bond acceptors (Lipinski definition) is 4. The minimum Gasteiger partial charge on any atom is -0.308 e. The molecule has 3 aromatic carbocycles. The predicted octanol–water partition coefficient (Wildman–Crippen LogP) is 5.48. The van der Waals surface area contributed by atoms with E-state index in [9.17, 15) is 14.4 Å². The quantitative estimate of drug-likeness (QED) is 0.510. The van der Waals surface area contributed by atoms with Crippen LogP contribution in [0.3, 0.4) is 0 Å². The lowest BCUT2D eigenvalue weighted by Gasteiger charge is -2.29. The van der Waals surface area contributed by atoms with E-state index in [1.54, 1.807) is 29.2 Å². The van der Waals surface area contributed by atoms with Gasteiger partial charge in [-0.1, -0.05) is 42.0 Å². The highest BCUT2D eigenvalue weighted by Crippen LogP contribution is 2.38. The predicted molar refractivity (Wildman–Crippen MR) is 129 cm³/mol. The van der Waals surface area contributed by atoms with Crippen LogP contribution >= 0.6 is 11.8 Å². The number of thioether (sulfide) groups is 1. The van der Waals surface area contributed by atoms with Crippen LogP contribution in [0.1, 0.15) is 28.4 Å². The third kappa shape index (κ3) is 5.00. The molecule has 0 bridgehead atoms. The molecule has 0 unspecified atom stereocenters. The van der Waals surface area contributed by atoms with Gasteiger partial charge in [0.25, 0.3) is 0 Å². The van der Waals surface area contributed by atoms with E-state index < -0.39 is 6.03 Å². The lowest BCUT2D eigenvalue weighted by molar-refractivity contribution is -0.116. The molecule has 2 N–H and O–H groups in total. The Morgan fingerprint density at radius 3 is 2.41 bits per heavy atom. The van der Waals surface area contributed by atoms with Crippen molar-refractivity contribution >= 4 is 46.5 Å². The third-order valence-corrected chi connectivity index (χ3v) is 6.20. The molecule has 0 saturated heterocycles. The first kappa shape index (κ1) is 21.6. The lowest BCUT2D eigenvalue weighted by atomic mass is 10.1. The van der Waals surface area contributed by atoms with Crippen LogP contribution in [0.15, 0.2) is 71.6 Å². The molecule has 0 aromatic heterocycles. The molecule has 0 atom stereocenters. The van der Waals surface area contributed by atoms with Crippen LogP contribution in [0.2, 0.25) is 0 Å². The first-order chi connectivity index (χ1) is 15.4. The highest BCUT2D eigenvalue weighted by Gasteiger charge is 2.25. The summed E-state index contributed by atoms with van der Waals surface area (Å²) < 4.78 is 0. The Morgan fingerprint density at radius 1 is 0.969 bits per heavy atom. The number of ketones is 1. The van der Waals surface area contributed by atoms with Gasteiger partial charge in [0.2, 0.25) is 5.91 Å². The largest absolute Gasteiger partial charge is 0.323 e. The molecule has 7 heteroatoms. The molecular formula is C25H23N3O3S. The summed E-state index contributed by atoms with van der Waals surface area (Å²) >= 11 is 1.50. The molecule has 0 aliphatic carbocycles. The molecular weight excluding hydrogens is 422 g/mol. The average molecular weight is 446 g/mol. The van der Waals surface area contributed by atoms with Gasteiger partial charge in [-0.15, -0.1) is 11.8 Å². The van der Waals surface area contributed by atoms with Crippen molar-refractivity contribution in [2.45, 2.75) is 25.3 Å². The number of Topliss-reactive ketones (excluding diaryl/α,β-unsaturated/α-hetero) is 1. The Balaban J connectivity index is 1.51. The average Bonchev–Trinajstić information content (AvgIpc) is 2.77. The zero-order valence-corrected chi connectivity index (χ0v) is 18.7. The molecule has 32 heavy (non-hydrogen) atoms. The van der Waals surface area contributed by atoms with Crippen LogP contribution in [0.4, 0.5) is 21.9 Å². The van der Waals surface area contributed by atoms with Crippen LogP contribution in [0.5, 0.6) is 0 Å². The van der Waals surface area contributed by atoms with Crippen molar-refractivity contribution in [3.8, 4) is 0 Å². The molecule has 1 aliphatic heterocycles. The zero-order valence-electron chi connectivity index (χ0n) is 17.8. The Labute approximate surface area is 191 Å². The molecule has 0 spiro atoms. The fraction of sp³-hybridized carbons (Fsp3) is 0.160. The number of nitrogens with zero attached hydrogens (tertiary/aromatic N) is 1. The first-order valence-corrected chi connectivity index (χ1v) is 11.2. The summed E-state index contributed by atoms with van der Waals surface area (Å²) in [5, 5.41) is 5.56. The van der Waals surface area contributed by atoms with E-state index in [0.29, 0.717) is 29.2 Å². The minimum absolute atomic E-state index is 0.0331. The van der Waals surface area contributed by atoms with Crippen LogP contribution < -0.4 is 15.5 Å². The molecule has 1 aliphatic rings. The van der Waals surface area contributed by atoms with E-state index >= 15 is 0 Å². The highest BCUT2D eigenvalue weighted by atomic mass is 32.2. The van der Waals surface area contributed by atoms with Crippen molar-refractivity contribution < 1.29 is 14.4 Å².